The summed E-state index contributed by atoms with van der Waals surface area (Å²) in [6, 6.07) is 7.93. The lowest BCUT2D eigenvalue weighted by Gasteiger charge is -1.97. The van der Waals surface area contributed by atoms with Gasteiger partial charge in [0.2, 0.25) is 0 Å². The van der Waals surface area contributed by atoms with Crippen molar-refractivity contribution in [3.63, 3.8) is 0 Å². The number of nitrogens with zero attached hydrogens (tertiary/aromatic N) is 3. The molecule has 0 aliphatic rings. The fourth-order valence-electron chi connectivity index (χ4n) is 2.66. The third-order valence-corrected chi connectivity index (χ3v) is 6.51. The lowest BCUT2D eigenvalue weighted by atomic mass is 10.2. The summed E-state index contributed by atoms with van der Waals surface area (Å²) in [5.74, 6) is -0.140. The number of hydrogen-bond acceptors (Lipinski definition) is 6. The maximum absolute atomic E-state index is 12.5. The van der Waals surface area contributed by atoms with Crippen LogP contribution in [0.4, 0.5) is 5.13 Å². The summed E-state index contributed by atoms with van der Waals surface area (Å²) in [7, 11) is 0. The summed E-state index contributed by atoms with van der Waals surface area (Å²) in [4.78, 5) is 24.1. The van der Waals surface area contributed by atoms with Crippen molar-refractivity contribution in [3.8, 4) is 0 Å². The highest BCUT2D eigenvalue weighted by atomic mass is 32.1. The SMILES string of the molecule is Cc1cccc2sc(NC(=O)c3cc4c(nc5sccn54)s3)nc12. The first-order chi connectivity index (χ1) is 11.7. The Morgan fingerprint density at radius 2 is 2.17 bits per heavy atom. The quantitative estimate of drug-likeness (QED) is 0.486. The molecule has 0 bridgehead atoms. The number of amides is 1. The van der Waals surface area contributed by atoms with Crippen LogP contribution in [0.1, 0.15) is 15.2 Å². The smallest absolute Gasteiger partial charge is 0.267 e. The van der Waals surface area contributed by atoms with Gasteiger partial charge in [0.1, 0.15) is 4.83 Å². The van der Waals surface area contributed by atoms with Gasteiger partial charge < -0.3 is 0 Å². The van der Waals surface area contributed by atoms with Crippen LogP contribution in [0.5, 0.6) is 0 Å². The number of aromatic nitrogens is 3. The van der Waals surface area contributed by atoms with Crippen LogP contribution in [0, 0.1) is 6.92 Å². The molecule has 4 aromatic heterocycles. The number of rotatable bonds is 2. The number of carbonyl (C=O) groups is 1. The number of nitrogens with one attached hydrogen (secondary N) is 1. The van der Waals surface area contributed by atoms with Crippen molar-refractivity contribution < 1.29 is 4.79 Å². The van der Waals surface area contributed by atoms with Crippen molar-refractivity contribution in [2.75, 3.05) is 5.32 Å². The summed E-state index contributed by atoms with van der Waals surface area (Å²) in [5.41, 5.74) is 3.03. The number of para-hydroxylation sites is 1. The summed E-state index contributed by atoms with van der Waals surface area (Å²) >= 11 is 4.48. The fourth-order valence-corrected chi connectivity index (χ4v) is 5.29. The second-order valence-electron chi connectivity index (χ2n) is 5.36. The zero-order valence-corrected chi connectivity index (χ0v) is 14.9. The molecule has 0 fully saturated rings. The van der Waals surface area contributed by atoms with Gasteiger partial charge >= 0.3 is 0 Å². The van der Waals surface area contributed by atoms with Crippen LogP contribution in [0.15, 0.2) is 35.8 Å². The number of benzene rings is 1. The zero-order chi connectivity index (χ0) is 16.3. The Kier molecular flexibility index (Phi) is 2.99. The van der Waals surface area contributed by atoms with Gasteiger partial charge in [-0.05, 0) is 24.6 Å². The molecule has 0 unspecified atom stereocenters. The minimum atomic E-state index is -0.140. The molecule has 5 rings (SSSR count). The van der Waals surface area contributed by atoms with E-state index in [-0.39, 0.29) is 5.91 Å². The third kappa shape index (κ3) is 2.07. The maximum Gasteiger partial charge on any atom is 0.267 e. The monoisotopic (exact) mass is 370 g/mol. The molecule has 0 aliphatic carbocycles. The molecule has 8 heteroatoms. The topological polar surface area (TPSA) is 59.3 Å². The van der Waals surface area contributed by atoms with Crippen LogP contribution < -0.4 is 5.32 Å². The van der Waals surface area contributed by atoms with E-state index in [0.717, 1.165) is 31.1 Å². The van der Waals surface area contributed by atoms with Crippen molar-refractivity contribution >= 4 is 70.6 Å². The predicted molar refractivity (Wildman–Crippen MR) is 101 cm³/mol. The number of aryl methyl sites for hydroxylation is 1. The Hall–Kier alpha value is -2.29. The number of thiazole rings is 2. The van der Waals surface area contributed by atoms with E-state index in [1.54, 1.807) is 11.3 Å². The fraction of sp³-hybridized carbons (Fsp3) is 0.0625. The molecule has 118 valence electrons. The molecule has 5 aromatic rings. The molecule has 0 saturated carbocycles. The molecular weight excluding hydrogens is 360 g/mol. The van der Waals surface area contributed by atoms with E-state index in [1.807, 2.05) is 47.2 Å². The van der Waals surface area contributed by atoms with Gasteiger partial charge in [0.25, 0.3) is 5.91 Å². The maximum atomic E-state index is 12.5. The average molecular weight is 370 g/mol. The van der Waals surface area contributed by atoms with Gasteiger partial charge in [0.15, 0.2) is 10.1 Å². The van der Waals surface area contributed by atoms with Crippen molar-refractivity contribution in [1.29, 1.82) is 0 Å². The molecule has 0 saturated heterocycles. The molecule has 0 spiro atoms. The van der Waals surface area contributed by atoms with Gasteiger partial charge in [0.05, 0.1) is 20.6 Å². The van der Waals surface area contributed by atoms with Crippen LogP contribution in [-0.2, 0) is 0 Å². The molecule has 4 heterocycles. The molecule has 0 aliphatic heterocycles. The van der Waals surface area contributed by atoms with Crippen LogP contribution in [-0.4, -0.2) is 20.3 Å². The van der Waals surface area contributed by atoms with Gasteiger partial charge in [-0.2, -0.15) is 0 Å². The minimum Gasteiger partial charge on any atom is -0.297 e. The van der Waals surface area contributed by atoms with Crippen LogP contribution in [0.3, 0.4) is 0 Å². The zero-order valence-electron chi connectivity index (χ0n) is 12.4. The van der Waals surface area contributed by atoms with Crippen LogP contribution in [0.2, 0.25) is 0 Å². The number of anilines is 1. The molecule has 5 nitrogen and oxygen atoms in total. The lowest BCUT2D eigenvalue weighted by Crippen LogP contribution is -2.09. The highest BCUT2D eigenvalue weighted by Crippen LogP contribution is 2.31. The molecule has 1 N–H and O–H groups in total. The summed E-state index contributed by atoms with van der Waals surface area (Å²) < 4.78 is 3.08. The first-order valence-electron chi connectivity index (χ1n) is 7.21. The van der Waals surface area contributed by atoms with Gasteiger partial charge in [-0.25, -0.2) is 9.97 Å². The van der Waals surface area contributed by atoms with Crippen LogP contribution in [0.25, 0.3) is 25.5 Å². The first-order valence-corrected chi connectivity index (χ1v) is 9.73. The largest absolute Gasteiger partial charge is 0.297 e. The Bertz CT molecular complexity index is 1230. The first kappa shape index (κ1) is 14.1. The summed E-state index contributed by atoms with van der Waals surface area (Å²) in [6.07, 6.45) is 1.97. The van der Waals surface area contributed by atoms with Gasteiger partial charge in [-0.3, -0.25) is 14.5 Å². The summed E-state index contributed by atoms with van der Waals surface area (Å²) in [6.45, 7) is 2.02. The number of imidazole rings is 1. The third-order valence-electron chi connectivity index (χ3n) is 3.80. The number of thiophene rings is 1. The average Bonchev–Trinajstić information content (AvgIpc) is 3.26. The van der Waals surface area contributed by atoms with E-state index in [1.165, 1.54) is 22.7 Å². The van der Waals surface area contributed by atoms with E-state index >= 15 is 0 Å². The van der Waals surface area contributed by atoms with E-state index in [2.05, 4.69) is 15.3 Å². The molecule has 1 amide bonds. The highest BCUT2D eigenvalue weighted by Gasteiger charge is 2.16. The minimum absolute atomic E-state index is 0.140. The molecule has 0 radical (unpaired) electrons. The van der Waals surface area contributed by atoms with E-state index < -0.39 is 0 Å². The van der Waals surface area contributed by atoms with Crippen LogP contribution >= 0.6 is 34.0 Å². The van der Waals surface area contributed by atoms with E-state index in [0.29, 0.717) is 10.0 Å². The molecule has 0 atom stereocenters. The van der Waals surface area contributed by atoms with E-state index in [9.17, 15) is 4.79 Å². The lowest BCUT2D eigenvalue weighted by molar-refractivity contribution is 0.103. The van der Waals surface area contributed by atoms with Gasteiger partial charge in [-0.1, -0.05) is 23.5 Å². The predicted octanol–water partition coefficient (Wildman–Crippen LogP) is 4.78. The van der Waals surface area contributed by atoms with Crippen molar-refractivity contribution in [3.05, 3.63) is 46.3 Å². The van der Waals surface area contributed by atoms with E-state index in [4.69, 9.17) is 0 Å². The number of hydrogen-bond donors (Lipinski definition) is 1. The molecule has 1 aromatic carbocycles. The Morgan fingerprint density at radius 3 is 3.04 bits per heavy atom. The normalized spacial score (nSPS) is 11.7. The Balaban J connectivity index is 1.50. The van der Waals surface area contributed by atoms with Crippen molar-refractivity contribution in [1.82, 2.24) is 14.4 Å². The van der Waals surface area contributed by atoms with Crippen molar-refractivity contribution in [2.45, 2.75) is 6.92 Å². The number of carbonyl (C=O) groups excluding carboxylic acids is 1. The Morgan fingerprint density at radius 1 is 1.25 bits per heavy atom. The standard InChI is InChI=1S/C16H10N4OS3/c1-8-3-2-4-10-12(8)17-15(24-10)18-13(21)11-7-9-14(23-11)19-16-20(9)5-6-22-16/h2-7H,1H3,(H,17,18,21). The second kappa shape index (κ2) is 5.10. The molecular formula is C16H10N4OS3. The second-order valence-corrected chi connectivity index (χ2v) is 8.30. The van der Waals surface area contributed by atoms with Crippen molar-refractivity contribution in [2.24, 2.45) is 0 Å². The number of fused-ring (bicyclic) bond motifs is 4. The van der Waals surface area contributed by atoms with Gasteiger partial charge in [0, 0.05) is 11.6 Å². The summed E-state index contributed by atoms with van der Waals surface area (Å²) in [5, 5.41) is 5.52. The Labute approximate surface area is 148 Å². The highest BCUT2D eigenvalue weighted by molar-refractivity contribution is 7.23. The molecule has 24 heavy (non-hydrogen) atoms. The van der Waals surface area contributed by atoms with Gasteiger partial charge in [-0.15, -0.1) is 22.7 Å².